The molecule has 0 unspecified atom stereocenters. The molecule has 0 aliphatic heterocycles. The SMILES string of the molecule is CCCCCCCC/C=C\CCCCCCCCCC(=O)OC(COC(=O)CCCCCCCCCCCCC)COC(=O)CCCCCCCCCCCCC. The van der Waals surface area contributed by atoms with Gasteiger partial charge in [-0.2, -0.15) is 0 Å². The van der Waals surface area contributed by atoms with Crippen molar-refractivity contribution in [3.8, 4) is 0 Å². The van der Waals surface area contributed by atoms with E-state index in [1.807, 2.05) is 0 Å². The molecule has 0 atom stereocenters. The Hall–Kier alpha value is -1.85. The first-order valence-electron chi connectivity index (χ1n) is 25.2. The zero-order valence-electron chi connectivity index (χ0n) is 38.4. The van der Waals surface area contributed by atoms with Crippen molar-refractivity contribution in [2.45, 2.75) is 284 Å². The summed E-state index contributed by atoms with van der Waals surface area (Å²) in [4.78, 5) is 37.8. The number of rotatable bonds is 46. The number of esters is 3. The van der Waals surface area contributed by atoms with E-state index in [1.54, 1.807) is 0 Å². The molecule has 0 amide bonds. The van der Waals surface area contributed by atoms with E-state index in [2.05, 4.69) is 32.9 Å². The fourth-order valence-corrected chi connectivity index (χ4v) is 7.44. The molecule has 0 aliphatic carbocycles. The van der Waals surface area contributed by atoms with Crippen LogP contribution in [0.25, 0.3) is 0 Å². The molecular formula is C51H96O6. The first kappa shape index (κ1) is 55.2. The van der Waals surface area contributed by atoms with Gasteiger partial charge in [0.15, 0.2) is 6.10 Å². The second-order valence-corrected chi connectivity index (χ2v) is 17.1. The van der Waals surface area contributed by atoms with Crippen LogP contribution in [0, 0.1) is 0 Å². The fourth-order valence-electron chi connectivity index (χ4n) is 7.44. The van der Waals surface area contributed by atoms with Gasteiger partial charge in [0.1, 0.15) is 13.2 Å². The Bertz CT molecular complexity index is 843. The average molecular weight is 805 g/mol. The Balaban J connectivity index is 4.31. The Labute approximate surface area is 354 Å². The van der Waals surface area contributed by atoms with Crippen LogP contribution in [-0.4, -0.2) is 37.2 Å². The summed E-state index contributed by atoms with van der Waals surface area (Å²) in [5.74, 6) is -0.859. The minimum atomic E-state index is -0.764. The van der Waals surface area contributed by atoms with Gasteiger partial charge in [0, 0.05) is 19.3 Å². The van der Waals surface area contributed by atoms with E-state index in [-0.39, 0.29) is 31.1 Å². The van der Waals surface area contributed by atoms with Crippen LogP contribution >= 0.6 is 0 Å². The molecule has 0 saturated carbocycles. The maximum atomic E-state index is 12.8. The highest BCUT2D eigenvalue weighted by molar-refractivity contribution is 5.71. The van der Waals surface area contributed by atoms with E-state index in [4.69, 9.17) is 14.2 Å². The van der Waals surface area contributed by atoms with Crippen molar-refractivity contribution in [3.05, 3.63) is 12.2 Å². The monoisotopic (exact) mass is 805 g/mol. The molecule has 0 spiro atoms. The summed E-state index contributed by atoms with van der Waals surface area (Å²) in [7, 11) is 0. The van der Waals surface area contributed by atoms with E-state index in [0.717, 1.165) is 57.8 Å². The van der Waals surface area contributed by atoms with Gasteiger partial charge >= 0.3 is 17.9 Å². The van der Waals surface area contributed by atoms with Crippen molar-refractivity contribution in [1.82, 2.24) is 0 Å². The second-order valence-electron chi connectivity index (χ2n) is 17.1. The van der Waals surface area contributed by atoms with Crippen molar-refractivity contribution >= 4 is 17.9 Å². The lowest BCUT2D eigenvalue weighted by molar-refractivity contribution is -0.167. The van der Waals surface area contributed by atoms with Gasteiger partial charge in [-0.15, -0.1) is 0 Å². The lowest BCUT2D eigenvalue weighted by atomic mass is 10.1. The Morgan fingerprint density at radius 2 is 0.579 bits per heavy atom. The van der Waals surface area contributed by atoms with E-state index in [9.17, 15) is 14.4 Å². The molecule has 0 aromatic carbocycles. The van der Waals surface area contributed by atoms with Gasteiger partial charge in [-0.1, -0.05) is 226 Å². The number of hydrogen-bond donors (Lipinski definition) is 0. The van der Waals surface area contributed by atoms with Crippen LogP contribution in [0.2, 0.25) is 0 Å². The topological polar surface area (TPSA) is 78.9 Å². The van der Waals surface area contributed by atoms with Crippen LogP contribution in [0.15, 0.2) is 12.2 Å². The molecule has 6 nitrogen and oxygen atoms in total. The molecule has 0 bridgehead atoms. The van der Waals surface area contributed by atoms with Gasteiger partial charge in [0.2, 0.25) is 0 Å². The van der Waals surface area contributed by atoms with Gasteiger partial charge in [-0.3, -0.25) is 14.4 Å². The summed E-state index contributed by atoms with van der Waals surface area (Å²) in [5.41, 5.74) is 0. The maximum Gasteiger partial charge on any atom is 0.306 e. The molecule has 57 heavy (non-hydrogen) atoms. The van der Waals surface area contributed by atoms with E-state index in [1.165, 1.54) is 180 Å². The molecule has 0 radical (unpaired) electrons. The zero-order valence-corrected chi connectivity index (χ0v) is 38.4. The summed E-state index contributed by atoms with van der Waals surface area (Å²) < 4.78 is 16.8. The molecule has 0 aromatic heterocycles. The number of allylic oxidation sites excluding steroid dienone is 2. The number of carbonyl (C=O) groups is 3. The number of hydrogen-bond acceptors (Lipinski definition) is 6. The molecule has 0 heterocycles. The van der Waals surface area contributed by atoms with Crippen molar-refractivity contribution < 1.29 is 28.6 Å². The Morgan fingerprint density at radius 1 is 0.333 bits per heavy atom. The second kappa shape index (κ2) is 46.8. The highest BCUT2D eigenvalue weighted by Gasteiger charge is 2.19. The van der Waals surface area contributed by atoms with Crippen LogP contribution in [0.5, 0.6) is 0 Å². The zero-order chi connectivity index (χ0) is 41.5. The highest BCUT2D eigenvalue weighted by Crippen LogP contribution is 2.16. The van der Waals surface area contributed by atoms with E-state index < -0.39 is 6.10 Å². The van der Waals surface area contributed by atoms with Crippen LogP contribution in [-0.2, 0) is 28.6 Å². The summed E-state index contributed by atoms with van der Waals surface area (Å²) in [5, 5.41) is 0. The van der Waals surface area contributed by atoms with Crippen LogP contribution < -0.4 is 0 Å². The highest BCUT2D eigenvalue weighted by atomic mass is 16.6. The lowest BCUT2D eigenvalue weighted by Crippen LogP contribution is -2.30. The van der Waals surface area contributed by atoms with E-state index >= 15 is 0 Å². The molecule has 0 saturated heterocycles. The number of ether oxygens (including phenoxy) is 3. The third-order valence-corrected chi connectivity index (χ3v) is 11.3. The Kier molecular flexibility index (Phi) is 45.3. The third-order valence-electron chi connectivity index (χ3n) is 11.3. The first-order chi connectivity index (χ1) is 28.0. The summed E-state index contributed by atoms with van der Waals surface area (Å²) in [6, 6.07) is 0. The molecule has 0 aromatic rings. The van der Waals surface area contributed by atoms with Gasteiger partial charge in [0.05, 0.1) is 0 Å². The standard InChI is InChI=1S/C51H96O6/c1-4-7-10-13-16-19-22-23-24-25-26-27-30-33-36-39-42-45-51(54)57-48(46-55-49(52)43-40-37-34-31-28-20-17-14-11-8-5-2)47-56-50(53)44-41-38-35-32-29-21-18-15-12-9-6-3/h23-24,48H,4-22,25-47H2,1-3H3/b24-23-. The molecule has 0 N–H and O–H groups in total. The van der Waals surface area contributed by atoms with Crippen molar-refractivity contribution in [3.63, 3.8) is 0 Å². The minimum absolute atomic E-state index is 0.0669. The van der Waals surface area contributed by atoms with Crippen molar-refractivity contribution in [2.24, 2.45) is 0 Å². The van der Waals surface area contributed by atoms with Crippen LogP contribution in [0.3, 0.4) is 0 Å². The smallest absolute Gasteiger partial charge is 0.306 e. The van der Waals surface area contributed by atoms with E-state index in [0.29, 0.717) is 19.3 Å². The maximum absolute atomic E-state index is 12.8. The minimum Gasteiger partial charge on any atom is -0.462 e. The first-order valence-corrected chi connectivity index (χ1v) is 25.2. The number of carbonyl (C=O) groups excluding carboxylic acids is 3. The van der Waals surface area contributed by atoms with Crippen LogP contribution in [0.1, 0.15) is 278 Å². The summed E-state index contributed by atoms with van der Waals surface area (Å²) >= 11 is 0. The molecule has 6 heteroatoms. The fraction of sp³-hybridized carbons (Fsp3) is 0.902. The summed E-state index contributed by atoms with van der Waals surface area (Å²) in [6.07, 6.45) is 50.5. The lowest BCUT2D eigenvalue weighted by Gasteiger charge is -2.18. The number of unbranched alkanes of at least 4 members (excludes halogenated alkanes) is 33. The molecule has 0 rings (SSSR count). The molecular weight excluding hydrogens is 709 g/mol. The summed E-state index contributed by atoms with van der Waals surface area (Å²) in [6.45, 7) is 6.64. The molecule has 0 aliphatic rings. The third kappa shape index (κ3) is 45.1. The normalized spacial score (nSPS) is 11.5. The predicted octanol–water partition coefficient (Wildman–Crippen LogP) is 16.2. The van der Waals surface area contributed by atoms with Gasteiger partial charge in [-0.25, -0.2) is 0 Å². The molecule has 0 fully saturated rings. The average Bonchev–Trinajstić information content (AvgIpc) is 3.21. The predicted molar refractivity (Wildman–Crippen MR) is 243 cm³/mol. The van der Waals surface area contributed by atoms with Gasteiger partial charge < -0.3 is 14.2 Å². The van der Waals surface area contributed by atoms with Crippen molar-refractivity contribution in [1.29, 1.82) is 0 Å². The van der Waals surface area contributed by atoms with Crippen molar-refractivity contribution in [2.75, 3.05) is 13.2 Å². The molecule has 336 valence electrons. The Morgan fingerprint density at radius 3 is 0.877 bits per heavy atom. The van der Waals surface area contributed by atoms with Gasteiger partial charge in [-0.05, 0) is 44.9 Å². The largest absolute Gasteiger partial charge is 0.462 e. The van der Waals surface area contributed by atoms with Crippen LogP contribution in [0.4, 0.5) is 0 Å². The van der Waals surface area contributed by atoms with Gasteiger partial charge in [0.25, 0.3) is 0 Å². The quantitative estimate of drug-likeness (QED) is 0.0264.